The average molecular weight is 441 g/mol. The highest BCUT2D eigenvalue weighted by Crippen LogP contribution is 2.35. The molecule has 0 radical (unpaired) electrons. The van der Waals surface area contributed by atoms with Crippen LogP contribution in [-0.4, -0.2) is 27.9 Å². The van der Waals surface area contributed by atoms with E-state index in [0.29, 0.717) is 22.2 Å². The molecular weight excluding hydrogens is 419 g/mol. The molecule has 0 saturated heterocycles. The van der Waals surface area contributed by atoms with Crippen molar-refractivity contribution in [1.29, 1.82) is 0 Å². The Labute approximate surface area is 175 Å². The summed E-state index contributed by atoms with van der Waals surface area (Å²) in [7, 11) is -2.13. The number of carbonyl (C=O) groups is 1. The Kier molecular flexibility index (Phi) is 7.28. The number of nitrogens with one attached hydrogen (secondary N) is 2. The van der Waals surface area contributed by atoms with Gasteiger partial charge < -0.3 is 5.32 Å². The van der Waals surface area contributed by atoms with E-state index in [4.69, 9.17) is 23.2 Å². The predicted octanol–water partition coefficient (Wildman–Crippen LogP) is 4.01. The van der Waals surface area contributed by atoms with E-state index in [-0.39, 0.29) is 10.8 Å². The predicted molar refractivity (Wildman–Crippen MR) is 114 cm³/mol. The largest absolute Gasteiger partial charge is 0.352 e. The molecule has 0 aliphatic carbocycles. The third-order valence-electron chi connectivity index (χ3n) is 4.23. The average Bonchev–Trinajstić information content (AvgIpc) is 2.65. The third-order valence-corrected chi connectivity index (χ3v) is 6.29. The van der Waals surface area contributed by atoms with Crippen molar-refractivity contribution in [3.05, 3.63) is 69.7 Å². The van der Waals surface area contributed by atoms with E-state index < -0.39 is 15.4 Å². The second kappa shape index (κ2) is 9.09. The maximum absolute atomic E-state index is 12.2. The van der Waals surface area contributed by atoms with Crippen molar-refractivity contribution >= 4 is 45.2 Å². The van der Waals surface area contributed by atoms with Gasteiger partial charge in [0.05, 0.1) is 4.90 Å². The van der Waals surface area contributed by atoms with E-state index >= 15 is 0 Å². The molecule has 8 heteroatoms. The molecule has 0 heterocycles. The van der Waals surface area contributed by atoms with Crippen LogP contribution in [0.25, 0.3) is 6.08 Å². The summed E-state index contributed by atoms with van der Waals surface area (Å²) in [6.45, 7) is 4.25. The van der Waals surface area contributed by atoms with Crippen LogP contribution in [0.5, 0.6) is 0 Å². The maximum Gasteiger partial charge on any atom is 0.244 e. The molecule has 28 heavy (non-hydrogen) atoms. The zero-order valence-electron chi connectivity index (χ0n) is 15.8. The first kappa shape index (κ1) is 22.4. The molecule has 0 unspecified atom stereocenters. The second-order valence-corrected chi connectivity index (χ2v) is 9.51. The molecule has 0 aliphatic heterocycles. The van der Waals surface area contributed by atoms with Crippen LogP contribution in [0.2, 0.25) is 10.0 Å². The number of halogens is 2. The lowest BCUT2D eigenvalue weighted by atomic mass is 9.84. The minimum absolute atomic E-state index is 0.162. The molecule has 1 amide bonds. The molecule has 0 fully saturated rings. The highest BCUT2D eigenvalue weighted by atomic mass is 35.5. The molecule has 2 N–H and O–H groups in total. The van der Waals surface area contributed by atoms with Crippen molar-refractivity contribution in [1.82, 2.24) is 10.0 Å². The quantitative estimate of drug-likeness (QED) is 0.638. The number of hydrogen-bond acceptors (Lipinski definition) is 3. The van der Waals surface area contributed by atoms with Crippen molar-refractivity contribution in [3.8, 4) is 0 Å². The summed E-state index contributed by atoms with van der Waals surface area (Å²) in [5.41, 5.74) is 1.03. The van der Waals surface area contributed by atoms with Crippen LogP contribution in [0.3, 0.4) is 0 Å². The van der Waals surface area contributed by atoms with Crippen molar-refractivity contribution in [2.75, 3.05) is 13.6 Å². The Morgan fingerprint density at radius 2 is 1.64 bits per heavy atom. The SMILES string of the molecule is CNS(=O)(=O)c1ccc(C=CC(=O)NCC(C)(C)c2c(Cl)cccc2Cl)cc1. The first-order valence-corrected chi connectivity index (χ1v) is 10.7. The van der Waals surface area contributed by atoms with Crippen molar-refractivity contribution in [3.63, 3.8) is 0 Å². The van der Waals surface area contributed by atoms with Crippen molar-refractivity contribution in [2.24, 2.45) is 0 Å². The van der Waals surface area contributed by atoms with Gasteiger partial charge in [-0.1, -0.05) is 55.2 Å². The molecule has 2 rings (SSSR count). The second-order valence-electron chi connectivity index (χ2n) is 6.81. The Morgan fingerprint density at radius 1 is 1.07 bits per heavy atom. The smallest absolute Gasteiger partial charge is 0.244 e. The molecule has 0 aromatic heterocycles. The van der Waals surface area contributed by atoms with Crippen LogP contribution in [-0.2, 0) is 20.2 Å². The Hall–Kier alpha value is -1.86. The molecule has 0 aliphatic rings. The van der Waals surface area contributed by atoms with Crippen LogP contribution in [0, 0.1) is 0 Å². The maximum atomic E-state index is 12.2. The lowest BCUT2D eigenvalue weighted by molar-refractivity contribution is -0.116. The highest BCUT2D eigenvalue weighted by molar-refractivity contribution is 7.89. The lowest BCUT2D eigenvalue weighted by Crippen LogP contribution is -2.36. The van der Waals surface area contributed by atoms with Gasteiger partial charge in [0, 0.05) is 28.1 Å². The van der Waals surface area contributed by atoms with Crippen LogP contribution in [0.1, 0.15) is 25.0 Å². The van der Waals surface area contributed by atoms with E-state index in [1.54, 1.807) is 36.4 Å². The number of benzene rings is 2. The van der Waals surface area contributed by atoms with E-state index in [9.17, 15) is 13.2 Å². The topological polar surface area (TPSA) is 75.3 Å². The molecule has 0 spiro atoms. The summed E-state index contributed by atoms with van der Waals surface area (Å²) in [4.78, 5) is 12.3. The number of rotatable bonds is 7. The summed E-state index contributed by atoms with van der Waals surface area (Å²) >= 11 is 12.5. The van der Waals surface area contributed by atoms with Crippen LogP contribution in [0.15, 0.2) is 53.4 Å². The normalized spacial score (nSPS) is 12.3. The molecule has 0 atom stereocenters. The fraction of sp³-hybridized carbons (Fsp3) is 0.250. The van der Waals surface area contributed by atoms with Gasteiger partial charge in [-0.25, -0.2) is 13.1 Å². The van der Waals surface area contributed by atoms with Gasteiger partial charge in [0.15, 0.2) is 0 Å². The minimum atomic E-state index is -3.48. The molecule has 150 valence electrons. The molecule has 5 nitrogen and oxygen atoms in total. The third kappa shape index (κ3) is 5.58. The molecule has 2 aromatic carbocycles. The zero-order valence-corrected chi connectivity index (χ0v) is 18.1. The number of hydrogen-bond donors (Lipinski definition) is 2. The first-order valence-electron chi connectivity index (χ1n) is 8.51. The van der Waals surface area contributed by atoms with E-state index in [1.165, 1.54) is 25.3 Å². The van der Waals surface area contributed by atoms with Gasteiger partial charge in [0.1, 0.15) is 0 Å². The van der Waals surface area contributed by atoms with Crippen LogP contribution < -0.4 is 10.0 Å². The van der Waals surface area contributed by atoms with Crippen molar-refractivity contribution in [2.45, 2.75) is 24.2 Å². The summed E-state index contributed by atoms with van der Waals surface area (Å²) in [5.74, 6) is -0.275. The van der Waals surface area contributed by atoms with Gasteiger partial charge in [-0.05, 0) is 48.5 Å². The summed E-state index contributed by atoms with van der Waals surface area (Å²) in [6.07, 6.45) is 3.01. The fourth-order valence-corrected chi connectivity index (χ4v) is 4.29. The Balaban J connectivity index is 2.02. The number of carbonyl (C=O) groups excluding carboxylic acids is 1. The first-order chi connectivity index (χ1) is 13.1. The zero-order chi connectivity index (χ0) is 20.9. The number of sulfonamides is 1. The minimum Gasteiger partial charge on any atom is -0.352 e. The monoisotopic (exact) mass is 440 g/mol. The Bertz CT molecular complexity index is 965. The van der Waals surface area contributed by atoms with E-state index in [0.717, 1.165) is 5.56 Å². The summed E-state index contributed by atoms with van der Waals surface area (Å²) in [5, 5.41) is 3.95. The van der Waals surface area contributed by atoms with Gasteiger partial charge >= 0.3 is 0 Å². The summed E-state index contributed by atoms with van der Waals surface area (Å²) < 4.78 is 25.7. The van der Waals surface area contributed by atoms with Gasteiger partial charge in [0.2, 0.25) is 15.9 Å². The molecule has 0 saturated carbocycles. The van der Waals surface area contributed by atoms with E-state index in [1.807, 2.05) is 13.8 Å². The lowest BCUT2D eigenvalue weighted by Gasteiger charge is -2.27. The highest BCUT2D eigenvalue weighted by Gasteiger charge is 2.26. The van der Waals surface area contributed by atoms with Gasteiger partial charge in [-0.2, -0.15) is 0 Å². The molecular formula is C20H22Cl2N2O3S. The standard InChI is InChI=1S/C20H22Cl2N2O3S/c1-20(2,19-16(21)5-4-6-17(19)22)13-24-18(25)12-9-14-7-10-15(11-8-14)28(26,27)23-3/h4-12,23H,13H2,1-3H3,(H,24,25). The molecule has 2 aromatic rings. The van der Waals surface area contributed by atoms with Gasteiger partial charge in [-0.15, -0.1) is 0 Å². The van der Waals surface area contributed by atoms with Crippen LogP contribution >= 0.6 is 23.2 Å². The Morgan fingerprint density at radius 3 is 2.18 bits per heavy atom. The number of amides is 1. The van der Waals surface area contributed by atoms with Crippen LogP contribution in [0.4, 0.5) is 0 Å². The fourth-order valence-electron chi connectivity index (χ4n) is 2.65. The van der Waals surface area contributed by atoms with Gasteiger partial charge in [0.25, 0.3) is 0 Å². The van der Waals surface area contributed by atoms with Gasteiger partial charge in [-0.3, -0.25) is 4.79 Å². The summed E-state index contributed by atoms with van der Waals surface area (Å²) in [6, 6.07) is 11.5. The van der Waals surface area contributed by atoms with Crippen molar-refractivity contribution < 1.29 is 13.2 Å². The molecule has 0 bridgehead atoms. The van der Waals surface area contributed by atoms with E-state index in [2.05, 4.69) is 10.0 Å².